The summed E-state index contributed by atoms with van der Waals surface area (Å²) in [7, 11) is 0. The fraction of sp³-hybridized carbons (Fsp3) is 0.400. The molecule has 0 bridgehead atoms. The number of carbonyl (C=O) groups is 2. The number of hydrogen-bond acceptors (Lipinski definition) is 5. The van der Waals surface area contributed by atoms with E-state index in [1.165, 1.54) is 6.42 Å². The molecule has 0 saturated heterocycles. The van der Waals surface area contributed by atoms with Crippen LogP contribution in [0.1, 0.15) is 55.1 Å². The first-order valence-electron chi connectivity index (χ1n) is 11.5. The van der Waals surface area contributed by atoms with Crippen LogP contribution in [-0.2, 0) is 17.9 Å². The zero-order chi connectivity index (χ0) is 23.0. The summed E-state index contributed by atoms with van der Waals surface area (Å²) in [6.45, 7) is 2.39. The molecule has 1 saturated carbocycles. The number of nitrogens with zero attached hydrogens (tertiary/aromatic N) is 3. The fourth-order valence-electron chi connectivity index (χ4n) is 4.81. The molecule has 2 amide bonds. The Hall–Kier alpha value is -3.13. The van der Waals surface area contributed by atoms with Crippen LogP contribution in [0, 0.1) is 0 Å². The molecule has 2 aromatic heterocycles. The lowest BCUT2D eigenvalue weighted by atomic mass is 9.91. The van der Waals surface area contributed by atoms with Gasteiger partial charge in [0.2, 0.25) is 5.91 Å². The Kier molecular flexibility index (Phi) is 5.70. The third-order valence-electron chi connectivity index (χ3n) is 6.78. The lowest BCUT2D eigenvalue weighted by Crippen LogP contribution is -2.64. The maximum Gasteiger partial charge on any atom is 0.273 e. The van der Waals surface area contributed by atoms with E-state index in [1.54, 1.807) is 45.2 Å². The van der Waals surface area contributed by atoms with Gasteiger partial charge in [-0.05, 0) is 55.0 Å². The molecular weight excluding hydrogens is 436 g/mol. The topological polar surface area (TPSA) is 87.5 Å². The molecule has 5 rings (SSSR count). The van der Waals surface area contributed by atoms with Gasteiger partial charge in [0.05, 0.1) is 11.4 Å². The standard InChI is InChI=1S/C25H28N4O3S/c1-25(24(32)26-18-6-3-2-4-7-18)16-29-21(14-20(27-29)22-8-5-13-33-22)23(31)28(25)15-17-9-11-19(30)12-10-17/h5,8-14,18,30H,2-4,6-7,15-16H2,1H3,(H,26,32). The van der Waals surface area contributed by atoms with Crippen molar-refractivity contribution in [1.29, 1.82) is 0 Å². The van der Waals surface area contributed by atoms with Gasteiger partial charge in [0.15, 0.2) is 0 Å². The first-order valence-corrected chi connectivity index (χ1v) is 12.3. The lowest BCUT2D eigenvalue weighted by molar-refractivity contribution is -0.134. The summed E-state index contributed by atoms with van der Waals surface area (Å²) >= 11 is 1.57. The third-order valence-corrected chi connectivity index (χ3v) is 7.67. The number of fused-ring (bicyclic) bond motifs is 1. The van der Waals surface area contributed by atoms with Crippen molar-refractivity contribution in [3.05, 3.63) is 59.1 Å². The van der Waals surface area contributed by atoms with Gasteiger partial charge in [-0.25, -0.2) is 0 Å². The van der Waals surface area contributed by atoms with E-state index in [0.717, 1.165) is 41.8 Å². The van der Waals surface area contributed by atoms with E-state index in [-0.39, 0.29) is 36.7 Å². The molecule has 33 heavy (non-hydrogen) atoms. The third kappa shape index (κ3) is 4.15. The molecule has 1 fully saturated rings. The Morgan fingerprint density at radius 3 is 2.67 bits per heavy atom. The Bertz CT molecular complexity index is 1150. The normalized spacial score (nSPS) is 21.1. The number of phenolic OH excluding ortho intramolecular Hbond substituents is 1. The number of nitrogens with one attached hydrogen (secondary N) is 1. The molecule has 1 aromatic carbocycles. The van der Waals surface area contributed by atoms with Gasteiger partial charge in [-0.3, -0.25) is 14.3 Å². The molecule has 3 aromatic rings. The second kappa shape index (κ2) is 8.67. The number of amides is 2. The van der Waals surface area contributed by atoms with E-state index in [4.69, 9.17) is 0 Å². The van der Waals surface area contributed by atoms with Crippen LogP contribution in [0.25, 0.3) is 10.6 Å². The highest BCUT2D eigenvalue weighted by molar-refractivity contribution is 7.13. The Morgan fingerprint density at radius 1 is 1.21 bits per heavy atom. The smallest absolute Gasteiger partial charge is 0.273 e. The van der Waals surface area contributed by atoms with E-state index in [1.807, 2.05) is 30.5 Å². The highest BCUT2D eigenvalue weighted by Gasteiger charge is 2.48. The first kappa shape index (κ1) is 21.7. The minimum Gasteiger partial charge on any atom is -0.508 e. The molecule has 1 aliphatic heterocycles. The van der Waals surface area contributed by atoms with Crippen molar-refractivity contribution < 1.29 is 14.7 Å². The quantitative estimate of drug-likeness (QED) is 0.593. The Balaban J connectivity index is 1.50. The summed E-state index contributed by atoms with van der Waals surface area (Å²) in [5.74, 6) is -0.188. The van der Waals surface area contributed by atoms with Gasteiger partial charge in [0, 0.05) is 12.6 Å². The molecule has 3 heterocycles. The van der Waals surface area contributed by atoms with Crippen LogP contribution in [0.2, 0.25) is 0 Å². The van der Waals surface area contributed by atoms with Gasteiger partial charge in [-0.1, -0.05) is 37.5 Å². The van der Waals surface area contributed by atoms with Crippen LogP contribution in [-0.4, -0.2) is 43.2 Å². The van der Waals surface area contributed by atoms with Crippen LogP contribution in [0.3, 0.4) is 0 Å². The zero-order valence-electron chi connectivity index (χ0n) is 18.7. The minimum absolute atomic E-state index is 0.139. The predicted octanol–water partition coefficient (Wildman–Crippen LogP) is 4.18. The summed E-state index contributed by atoms with van der Waals surface area (Å²) in [4.78, 5) is 30.0. The molecule has 8 heteroatoms. The number of phenols is 1. The molecule has 1 atom stereocenters. The molecule has 2 aliphatic rings. The number of aromatic nitrogens is 2. The van der Waals surface area contributed by atoms with Gasteiger partial charge in [0.1, 0.15) is 22.7 Å². The highest BCUT2D eigenvalue weighted by Crippen LogP contribution is 2.33. The lowest BCUT2D eigenvalue weighted by Gasteiger charge is -2.44. The predicted molar refractivity (Wildman–Crippen MR) is 127 cm³/mol. The van der Waals surface area contributed by atoms with E-state index >= 15 is 0 Å². The number of aromatic hydroxyl groups is 1. The maximum absolute atomic E-state index is 13.7. The molecule has 0 radical (unpaired) electrons. The van der Waals surface area contributed by atoms with Gasteiger partial charge >= 0.3 is 0 Å². The summed E-state index contributed by atoms with van der Waals surface area (Å²) in [5.41, 5.74) is 0.998. The average molecular weight is 465 g/mol. The van der Waals surface area contributed by atoms with Crippen molar-refractivity contribution in [2.45, 2.75) is 63.7 Å². The first-order chi connectivity index (χ1) is 15.9. The maximum atomic E-state index is 13.7. The summed E-state index contributed by atoms with van der Waals surface area (Å²) in [6.07, 6.45) is 5.39. The van der Waals surface area contributed by atoms with E-state index in [0.29, 0.717) is 5.69 Å². The number of thiophene rings is 1. The van der Waals surface area contributed by atoms with Gasteiger partial charge in [-0.15, -0.1) is 11.3 Å². The second-order valence-corrected chi connectivity index (χ2v) is 10.1. The zero-order valence-corrected chi connectivity index (χ0v) is 19.5. The average Bonchev–Trinajstić information content (AvgIpc) is 3.48. The van der Waals surface area contributed by atoms with Crippen LogP contribution < -0.4 is 5.32 Å². The molecule has 1 aliphatic carbocycles. The fourth-order valence-corrected chi connectivity index (χ4v) is 5.49. The number of benzene rings is 1. The van der Waals surface area contributed by atoms with Crippen molar-refractivity contribution in [3.63, 3.8) is 0 Å². The molecular formula is C25H28N4O3S. The van der Waals surface area contributed by atoms with Crippen LogP contribution in [0.15, 0.2) is 47.8 Å². The van der Waals surface area contributed by atoms with E-state index in [2.05, 4.69) is 10.4 Å². The van der Waals surface area contributed by atoms with Gasteiger partial charge in [-0.2, -0.15) is 5.10 Å². The SMILES string of the molecule is CC1(C(=O)NC2CCCCC2)Cn2nc(-c3cccs3)cc2C(=O)N1Cc1ccc(O)cc1. The number of hydrogen-bond donors (Lipinski definition) is 2. The van der Waals surface area contributed by atoms with Crippen molar-refractivity contribution in [2.75, 3.05) is 0 Å². The summed E-state index contributed by atoms with van der Waals surface area (Å²) in [6, 6.07) is 12.7. The molecule has 2 N–H and O–H groups in total. The van der Waals surface area contributed by atoms with Crippen LogP contribution >= 0.6 is 11.3 Å². The van der Waals surface area contributed by atoms with Crippen molar-refractivity contribution >= 4 is 23.2 Å². The Morgan fingerprint density at radius 2 is 1.97 bits per heavy atom. The van der Waals surface area contributed by atoms with Crippen molar-refractivity contribution in [2.24, 2.45) is 0 Å². The number of rotatable bonds is 5. The monoisotopic (exact) mass is 464 g/mol. The molecule has 172 valence electrons. The van der Waals surface area contributed by atoms with Crippen molar-refractivity contribution in [3.8, 4) is 16.3 Å². The second-order valence-electron chi connectivity index (χ2n) is 9.19. The molecule has 1 unspecified atom stereocenters. The number of carbonyl (C=O) groups excluding carboxylic acids is 2. The van der Waals surface area contributed by atoms with Crippen LogP contribution in [0.5, 0.6) is 5.75 Å². The van der Waals surface area contributed by atoms with Crippen LogP contribution in [0.4, 0.5) is 0 Å². The highest BCUT2D eigenvalue weighted by atomic mass is 32.1. The van der Waals surface area contributed by atoms with Gasteiger partial charge in [0.25, 0.3) is 5.91 Å². The summed E-state index contributed by atoms with van der Waals surface area (Å²) < 4.78 is 1.69. The minimum atomic E-state index is -1.09. The van der Waals surface area contributed by atoms with E-state index in [9.17, 15) is 14.7 Å². The van der Waals surface area contributed by atoms with E-state index < -0.39 is 5.54 Å². The Labute approximate surface area is 197 Å². The van der Waals surface area contributed by atoms with Crippen molar-refractivity contribution in [1.82, 2.24) is 20.0 Å². The molecule has 7 nitrogen and oxygen atoms in total. The van der Waals surface area contributed by atoms with Gasteiger partial charge < -0.3 is 15.3 Å². The largest absolute Gasteiger partial charge is 0.508 e. The summed E-state index contributed by atoms with van der Waals surface area (Å²) in [5, 5.41) is 19.6. The molecule has 0 spiro atoms.